The second-order valence-electron chi connectivity index (χ2n) is 5.65. The summed E-state index contributed by atoms with van der Waals surface area (Å²) in [5, 5.41) is 13.3. The summed E-state index contributed by atoms with van der Waals surface area (Å²) in [5.74, 6) is 0.318. The quantitative estimate of drug-likeness (QED) is 0.885. The van der Waals surface area contributed by atoms with Crippen LogP contribution in [0.25, 0.3) is 16.8 Å². The zero-order valence-corrected chi connectivity index (χ0v) is 12.4. The molecule has 0 aliphatic heterocycles. The molecule has 108 valence electrons. The van der Waals surface area contributed by atoms with Crippen molar-refractivity contribution in [2.45, 2.75) is 25.7 Å². The molecule has 2 nitrogen and oxygen atoms in total. The van der Waals surface area contributed by atoms with E-state index in [1.807, 2.05) is 19.2 Å². The minimum absolute atomic E-state index is 0.318. The van der Waals surface area contributed by atoms with Crippen molar-refractivity contribution in [1.29, 1.82) is 0 Å². The van der Waals surface area contributed by atoms with Gasteiger partial charge in [0.1, 0.15) is 5.75 Å². The number of phenols is 1. The van der Waals surface area contributed by atoms with Crippen LogP contribution in [0, 0.1) is 0 Å². The van der Waals surface area contributed by atoms with E-state index in [0.717, 1.165) is 28.8 Å². The summed E-state index contributed by atoms with van der Waals surface area (Å²) in [7, 11) is 1.85. The fourth-order valence-electron chi connectivity index (χ4n) is 3.00. The molecule has 2 N–H and O–H groups in total. The standard InChI is InChI=1S/C19H21NO/c1-13(20-2)15-9-10-19(21)18(12-15)17-8-7-14-5-3-4-6-16(14)11-17/h7-12,20-21H,1,3-6H2,2H3. The van der Waals surface area contributed by atoms with Crippen LogP contribution in [0.4, 0.5) is 0 Å². The second-order valence-corrected chi connectivity index (χ2v) is 5.65. The summed E-state index contributed by atoms with van der Waals surface area (Å²) in [6.45, 7) is 3.99. The average Bonchev–Trinajstić information content (AvgIpc) is 2.54. The van der Waals surface area contributed by atoms with Crippen molar-refractivity contribution in [3.63, 3.8) is 0 Å². The highest BCUT2D eigenvalue weighted by Crippen LogP contribution is 2.34. The van der Waals surface area contributed by atoms with E-state index in [0.29, 0.717) is 5.75 Å². The van der Waals surface area contributed by atoms with Crippen LogP contribution < -0.4 is 5.32 Å². The lowest BCUT2D eigenvalue weighted by atomic mass is 9.88. The molecule has 0 aromatic heterocycles. The molecule has 0 radical (unpaired) electrons. The summed E-state index contributed by atoms with van der Waals surface area (Å²) in [5.41, 5.74) is 6.70. The van der Waals surface area contributed by atoms with E-state index in [-0.39, 0.29) is 0 Å². The second kappa shape index (κ2) is 5.65. The molecular weight excluding hydrogens is 258 g/mol. The molecule has 2 aromatic carbocycles. The molecule has 1 aliphatic rings. The number of aromatic hydroxyl groups is 1. The third kappa shape index (κ3) is 2.66. The molecule has 3 rings (SSSR count). The molecule has 21 heavy (non-hydrogen) atoms. The van der Waals surface area contributed by atoms with E-state index in [9.17, 15) is 5.11 Å². The van der Waals surface area contributed by atoms with Gasteiger partial charge in [0.2, 0.25) is 0 Å². The lowest BCUT2D eigenvalue weighted by Gasteiger charge is -2.17. The number of benzene rings is 2. The Balaban J connectivity index is 2.05. The van der Waals surface area contributed by atoms with Crippen molar-refractivity contribution in [2.75, 3.05) is 7.05 Å². The summed E-state index contributed by atoms with van der Waals surface area (Å²) in [4.78, 5) is 0. The van der Waals surface area contributed by atoms with Crippen molar-refractivity contribution >= 4 is 5.70 Å². The lowest BCUT2D eigenvalue weighted by molar-refractivity contribution is 0.477. The van der Waals surface area contributed by atoms with Gasteiger partial charge in [-0.3, -0.25) is 0 Å². The molecule has 1 aliphatic carbocycles. The first-order chi connectivity index (χ1) is 10.2. The number of nitrogens with one attached hydrogen (secondary N) is 1. The fraction of sp³-hybridized carbons (Fsp3) is 0.263. The van der Waals surface area contributed by atoms with Gasteiger partial charge >= 0.3 is 0 Å². The molecule has 0 atom stereocenters. The number of aryl methyl sites for hydroxylation is 2. The minimum Gasteiger partial charge on any atom is -0.507 e. The van der Waals surface area contributed by atoms with Crippen molar-refractivity contribution < 1.29 is 5.11 Å². The normalized spacial score (nSPS) is 13.6. The highest BCUT2D eigenvalue weighted by atomic mass is 16.3. The van der Waals surface area contributed by atoms with Gasteiger partial charge in [0, 0.05) is 18.3 Å². The van der Waals surface area contributed by atoms with Gasteiger partial charge in [-0.2, -0.15) is 0 Å². The highest BCUT2D eigenvalue weighted by Gasteiger charge is 2.12. The summed E-state index contributed by atoms with van der Waals surface area (Å²) < 4.78 is 0. The molecule has 0 saturated carbocycles. The van der Waals surface area contributed by atoms with Gasteiger partial charge < -0.3 is 10.4 Å². The van der Waals surface area contributed by atoms with Crippen molar-refractivity contribution in [3.8, 4) is 16.9 Å². The van der Waals surface area contributed by atoms with Crippen molar-refractivity contribution in [1.82, 2.24) is 5.32 Å². The van der Waals surface area contributed by atoms with E-state index in [1.54, 1.807) is 6.07 Å². The van der Waals surface area contributed by atoms with E-state index < -0.39 is 0 Å². The van der Waals surface area contributed by atoms with Crippen LogP contribution in [0.5, 0.6) is 5.75 Å². The Labute approximate surface area is 126 Å². The van der Waals surface area contributed by atoms with Crippen LogP contribution in [-0.2, 0) is 12.8 Å². The van der Waals surface area contributed by atoms with Crippen LogP contribution >= 0.6 is 0 Å². The van der Waals surface area contributed by atoms with Crippen LogP contribution in [0.1, 0.15) is 29.5 Å². The largest absolute Gasteiger partial charge is 0.507 e. The summed E-state index contributed by atoms with van der Waals surface area (Å²) in [6.07, 6.45) is 4.87. The van der Waals surface area contributed by atoms with E-state index in [4.69, 9.17) is 0 Å². The Morgan fingerprint density at radius 1 is 1.05 bits per heavy atom. The molecule has 0 fully saturated rings. The Morgan fingerprint density at radius 3 is 2.57 bits per heavy atom. The SMILES string of the molecule is C=C(NC)c1ccc(O)c(-c2ccc3c(c2)CCCC3)c1. The topological polar surface area (TPSA) is 32.3 Å². The summed E-state index contributed by atoms with van der Waals surface area (Å²) >= 11 is 0. The van der Waals surface area contributed by atoms with Crippen LogP contribution in [-0.4, -0.2) is 12.2 Å². The first kappa shape index (κ1) is 13.7. The Bertz CT molecular complexity index is 688. The lowest BCUT2D eigenvalue weighted by Crippen LogP contribution is -2.03. The zero-order chi connectivity index (χ0) is 14.8. The molecule has 0 amide bonds. The molecule has 2 heteroatoms. The fourth-order valence-corrected chi connectivity index (χ4v) is 3.00. The molecular formula is C19H21NO. The maximum Gasteiger partial charge on any atom is 0.123 e. The van der Waals surface area contributed by atoms with Gasteiger partial charge in [0.05, 0.1) is 0 Å². The first-order valence-corrected chi connectivity index (χ1v) is 7.51. The number of hydrogen-bond acceptors (Lipinski definition) is 2. The molecule has 0 saturated heterocycles. The Morgan fingerprint density at radius 2 is 1.81 bits per heavy atom. The highest BCUT2D eigenvalue weighted by molar-refractivity contribution is 5.76. The number of hydrogen-bond donors (Lipinski definition) is 2. The molecule has 0 bridgehead atoms. The number of rotatable bonds is 3. The van der Waals surface area contributed by atoms with Crippen LogP contribution in [0.15, 0.2) is 43.0 Å². The van der Waals surface area contributed by atoms with Gasteiger partial charge in [-0.15, -0.1) is 0 Å². The van der Waals surface area contributed by atoms with E-state index >= 15 is 0 Å². The molecule has 0 unspecified atom stereocenters. The van der Waals surface area contributed by atoms with Crippen LogP contribution in [0.2, 0.25) is 0 Å². The van der Waals surface area contributed by atoms with Crippen molar-refractivity contribution in [2.24, 2.45) is 0 Å². The predicted octanol–water partition coefficient (Wildman–Crippen LogP) is 4.13. The Hall–Kier alpha value is -2.22. The zero-order valence-electron chi connectivity index (χ0n) is 12.4. The molecule has 2 aromatic rings. The predicted molar refractivity (Wildman–Crippen MR) is 88.3 cm³/mol. The third-order valence-electron chi connectivity index (χ3n) is 4.31. The van der Waals surface area contributed by atoms with Gasteiger partial charge in [-0.1, -0.05) is 24.8 Å². The van der Waals surface area contributed by atoms with E-state index in [1.165, 1.54) is 30.4 Å². The van der Waals surface area contributed by atoms with Crippen molar-refractivity contribution in [3.05, 3.63) is 59.7 Å². The van der Waals surface area contributed by atoms with Gasteiger partial charge in [-0.25, -0.2) is 0 Å². The van der Waals surface area contributed by atoms with E-state index in [2.05, 4.69) is 30.1 Å². The monoisotopic (exact) mass is 279 g/mol. The number of phenolic OH excluding ortho intramolecular Hbond substituents is 1. The van der Waals surface area contributed by atoms with Gasteiger partial charge in [-0.05, 0) is 66.1 Å². The third-order valence-corrected chi connectivity index (χ3v) is 4.31. The molecule has 0 heterocycles. The number of fused-ring (bicyclic) bond motifs is 1. The minimum atomic E-state index is 0.318. The van der Waals surface area contributed by atoms with Gasteiger partial charge in [0.15, 0.2) is 0 Å². The maximum absolute atomic E-state index is 10.2. The maximum atomic E-state index is 10.2. The summed E-state index contributed by atoms with van der Waals surface area (Å²) in [6, 6.07) is 12.2. The van der Waals surface area contributed by atoms with Gasteiger partial charge in [0.25, 0.3) is 0 Å². The first-order valence-electron chi connectivity index (χ1n) is 7.51. The smallest absolute Gasteiger partial charge is 0.123 e. The average molecular weight is 279 g/mol. The molecule has 0 spiro atoms. The van der Waals surface area contributed by atoms with Crippen LogP contribution in [0.3, 0.4) is 0 Å². The Kier molecular flexibility index (Phi) is 3.70.